The molecule has 0 aromatic heterocycles. The molecule has 3 nitrogen and oxygen atoms in total. The first-order valence-corrected chi connectivity index (χ1v) is 7.16. The van der Waals surface area contributed by atoms with Crippen molar-refractivity contribution in [1.82, 2.24) is 4.90 Å². The summed E-state index contributed by atoms with van der Waals surface area (Å²) in [5.74, 6) is 1.68. The SMILES string of the molecule is COc1cccc(CN(C)C2CCCCC2)c1OC. The normalized spacial score (nSPS) is 16.6. The lowest BCUT2D eigenvalue weighted by Crippen LogP contribution is -2.32. The van der Waals surface area contributed by atoms with Crippen molar-refractivity contribution in [3.05, 3.63) is 23.8 Å². The molecule has 1 aliphatic rings. The molecule has 106 valence electrons. The molecule has 0 bridgehead atoms. The Morgan fingerprint density at radius 2 is 1.84 bits per heavy atom. The maximum absolute atomic E-state index is 5.50. The van der Waals surface area contributed by atoms with Crippen molar-refractivity contribution in [3.8, 4) is 11.5 Å². The quantitative estimate of drug-likeness (QED) is 0.812. The summed E-state index contributed by atoms with van der Waals surface area (Å²) in [6, 6.07) is 6.82. The van der Waals surface area contributed by atoms with E-state index in [1.54, 1.807) is 14.2 Å². The lowest BCUT2D eigenvalue weighted by molar-refractivity contribution is 0.182. The number of hydrogen-bond donors (Lipinski definition) is 0. The van der Waals surface area contributed by atoms with Crippen LogP contribution in [-0.4, -0.2) is 32.2 Å². The Morgan fingerprint density at radius 1 is 1.11 bits per heavy atom. The zero-order valence-electron chi connectivity index (χ0n) is 12.3. The largest absolute Gasteiger partial charge is 0.493 e. The molecular weight excluding hydrogens is 238 g/mol. The first kappa shape index (κ1) is 14.2. The predicted molar refractivity (Wildman–Crippen MR) is 77.9 cm³/mol. The van der Waals surface area contributed by atoms with Crippen LogP contribution in [-0.2, 0) is 6.54 Å². The van der Waals surface area contributed by atoms with Gasteiger partial charge in [-0.1, -0.05) is 31.4 Å². The fourth-order valence-electron chi connectivity index (χ4n) is 3.00. The van der Waals surface area contributed by atoms with Gasteiger partial charge in [0, 0.05) is 18.2 Å². The van der Waals surface area contributed by atoms with Crippen molar-refractivity contribution in [2.75, 3.05) is 21.3 Å². The van der Waals surface area contributed by atoms with Crippen molar-refractivity contribution in [1.29, 1.82) is 0 Å². The van der Waals surface area contributed by atoms with Crippen LogP contribution in [0.2, 0.25) is 0 Å². The Balaban J connectivity index is 2.09. The maximum atomic E-state index is 5.50. The molecule has 1 aromatic rings. The number of ether oxygens (including phenoxy) is 2. The van der Waals surface area contributed by atoms with E-state index in [2.05, 4.69) is 18.0 Å². The minimum atomic E-state index is 0.713. The first-order valence-electron chi connectivity index (χ1n) is 7.16. The van der Waals surface area contributed by atoms with Crippen LogP contribution in [0.15, 0.2) is 18.2 Å². The number of methoxy groups -OCH3 is 2. The summed E-state index contributed by atoms with van der Waals surface area (Å²) in [5.41, 5.74) is 1.20. The van der Waals surface area contributed by atoms with Gasteiger partial charge in [0.25, 0.3) is 0 Å². The van der Waals surface area contributed by atoms with E-state index in [4.69, 9.17) is 9.47 Å². The summed E-state index contributed by atoms with van der Waals surface area (Å²) in [6.45, 7) is 0.922. The summed E-state index contributed by atoms with van der Waals surface area (Å²) >= 11 is 0. The zero-order valence-corrected chi connectivity index (χ0v) is 12.3. The van der Waals surface area contributed by atoms with E-state index in [-0.39, 0.29) is 0 Å². The van der Waals surface area contributed by atoms with Gasteiger partial charge in [-0.2, -0.15) is 0 Å². The van der Waals surface area contributed by atoms with Crippen LogP contribution < -0.4 is 9.47 Å². The summed E-state index contributed by atoms with van der Waals surface area (Å²) in [6.07, 6.45) is 6.77. The lowest BCUT2D eigenvalue weighted by Gasteiger charge is -2.31. The molecule has 0 aliphatic heterocycles. The summed E-state index contributed by atoms with van der Waals surface area (Å²) < 4.78 is 10.9. The number of para-hydroxylation sites is 1. The van der Waals surface area contributed by atoms with Crippen molar-refractivity contribution >= 4 is 0 Å². The average Bonchev–Trinajstić information content (AvgIpc) is 2.47. The molecule has 0 atom stereocenters. The Bertz CT molecular complexity index is 400. The molecule has 19 heavy (non-hydrogen) atoms. The summed E-state index contributed by atoms with van der Waals surface area (Å²) in [4.78, 5) is 2.45. The van der Waals surface area contributed by atoms with Crippen LogP contribution >= 0.6 is 0 Å². The molecule has 0 N–H and O–H groups in total. The molecule has 0 radical (unpaired) electrons. The molecule has 3 heteroatoms. The Hall–Kier alpha value is -1.22. The average molecular weight is 263 g/mol. The molecule has 1 aliphatic carbocycles. The van der Waals surface area contributed by atoms with E-state index in [9.17, 15) is 0 Å². The minimum absolute atomic E-state index is 0.713. The van der Waals surface area contributed by atoms with Gasteiger partial charge in [-0.3, -0.25) is 4.90 Å². The van der Waals surface area contributed by atoms with Crippen molar-refractivity contribution < 1.29 is 9.47 Å². The second-order valence-electron chi connectivity index (χ2n) is 5.36. The highest BCUT2D eigenvalue weighted by Crippen LogP contribution is 2.32. The fraction of sp³-hybridized carbons (Fsp3) is 0.625. The van der Waals surface area contributed by atoms with E-state index in [0.717, 1.165) is 18.0 Å². The third-order valence-corrected chi connectivity index (χ3v) is 4.10. The van der Waals surface area contributed by atoms with Crippen molar-refractivity contribution in [3.63, 3.8) is 0 Å². The molecule has 1 aromatic carbocycles. The van der Waals surface area contributed by atoms with Crippen LogP contribution in [0, 0.1) is 0 Å². The van der Waals surface area contributed by atoms with Crippen LogP contribution in [0.25, 0.3) is 0 Å². The molecule has 0 heterocycles. The summed E-state index contributed by atoms with van der Waals surface area (Å²) in [5, 5.41) is 0. The zero-order chi connectivity index (χ0) is 13.7. The van der Waals surface area contributed by atoms with Gasteiger partial charge >= 0.3 is 0 Å². The highest BCUT2D eigenvalue weighted by molar-refractivity contribution is 5.46. The number of hydrogen-bond acceptors (Lipinski definition) is 3. The molecule has 0 saturated heterocycles. The van der Waals surface area contributed by atoms with E-state index >= 15 is 0 Å². The van der Waals surface area contributed by atoms with Crippen LogP contribution in [0.1, 0.15) is 37.7 Å². The second kappa shape index (κ2) is 6.80. The molecule has 0 spiro atoms. The number of rotatable bonds is 5. The molecule has 1 fully saturated rings. The van der Waals surface area contributed by atoms with Crippen LogP contribution in [0.4, 0.5) is 0 Å². The highest BCUT2D eigenvalue weighted by Gasteiger charge is 2.19. The predicted octanol–water partition coefficient (Wildman–Crippen LogP) is 3.47. The molecular formula is C16H25NO2. The van der Waals surface area contributed by atoms with E-state index < -0.39 is 0 Å². The van der Waals surface area contributed by atoms with Gasteiger partial charge in [0.1, 0.15) is 0 Å². The van der Waals surface area contributed by atoms with E-state index in [1.165, 1.54) is 37.7 Å². The molecule has 0 amide bonds. The maximum Gasteiger partial charge on any atom is 0.165 e. The lowest BCUT2D eigenvalue weighted by atomic mass is 9.94. The first-order chi connectivity index (χ1) is 9.26. The van der Waals surface area contributed by atoms with Gasteiger partial charge in [0.15, 0.2) is 11.5 Å². The molecule has 2 rings (SSSR count). The Kier molecular flexibility index (Phi) is 5.08. The van der Waals surface area contributed by atoms with E-state index in [1.807, 2.05) is 12.1 Å². The molecule has 0 unspecified atom stereocenters. The third-order valence-electron chi connectivity index (χ3n) is 4.10. The van der Waals surface area contributed by atoms with Crippen LogP contribution in [0.3, 0.4) is 0 Å². The van der Waals surface area contributed by atoms with Crippen molar-refractivity contribution in [2.24, 2.45) is 0 Å². The molecule has 1 saturated carbocycles. The Morgan fingerprint density at radius 3 is 2.47 bits per heavy atom. The third kappa shape index (κ3) is 3.41. The van der Waals surface area contributed by atoms with Gasteiger partial charge in [-0.25, -0.2) is 0 Å². The van der Waals surface area contributed by atoms with Gasteiger partial charge in [0.05, 0.1) is 14.2 Å². The minimum Gasteiger partial charge on any atom is -0.493 e. The topological polar surface area (TPSA) is 21.7 Å². The summed E-state index contributed by atoms with van der Waals surface area (Å²) in [7, 11) is 5.61. The van der Waals surface area contributed by atoms with Gasteiger partial charge in [-0.15, -0.1) is 0 Å². The Labute approximate surface area is 116 Å². The van der Waals surface area contributed by atoms with E-state index in [0.29, 0.717) is 6.04 Å². The monoisotopic (exact) mass is 263 g/mol. The van der Waals surface area contributed by atoms with Crippen LogP contribution in [0.5, 0.6) is 11.5 Å². The van der Waals surface area contributed by atoms with Crippen molar-refractivity contribution in [2.45, 2.75) is 44.7 Å². The smallest absolute Gasteiger partial charge is 0.165 e. The van der Waals surface area contributed by atoms with Gasteiger partial charge in [0.2, 0.25) is 0 Å². The highest BCUT2D eigenvalue weighted by atomic mass is 16.5. The number of nitrogens with zero attached hydrogens (tertiary/aromatic N) is 1. The fourth-order valence-corrected chi connectivity index (χ4v) is 3.00. The second-order valence-corrected chi connectivity index (χ2v) is 5.36. The van der Waals surface area contributed by atoms with Gasteiger partial charge in [-0.05, 0) is 26.0 Å². The number of benzene rings is 1. The van der Waals surface area contributed by atoms with Gasteiger partial charge < -0.3 is 9.47 Å². The standard InChI is InChI=1S/C16H25NO2/c1-17(14-9-5-4-6-10-14)12-13-8-7-11-15(18-2)16(13)19-3/h7-8,11,14H,4-6,9-10,12H2,1-3H3.